The number of aromatic nitrogens is 1. The molecule has 0 bridgehead atoms. The molecule has 0 fully saturated rings. The lowest BCUT2D eigenvalue weighted by atomic mass is 9.89. The summed E-state index contributed by atoms with van der Waals surface area (Å²) in [6.07, 6.45) is 4.27. The minimum Gasteiger partial charge on any atom is -0.497 e. The van der Waals surface area contributed by atoms with Crippen molar-refractivity contribution >= 4 is 23.0 Å². The van der Waals surface area contributed by atoms with E-state index < -0.39 is 0 Å². The van der Waals surface area contributed by atoms with E-state index in [-0.39, 0.29) is 11.6 Å². The molecule has 6 heteroatoms. The maximum atomic E-state index is 6.10. The van der Waals surface area contributed by atoms with Crippen LogP contribution in [0, 0.1) is 0 Å². The number of fused-ring (bicyclic) bond motifs is 1. The Morgan fingerprint density at radius 2 is 2.21 bits per heavy atom. The van der Waals surface area contributed by atoms with Gasteiger partial charge < -0.3 is 20.1 Å². The predicted molar refractivity (Wildman–Crippen MR) is 98.7 cm³/mol. The first kappa shape index (κ1) is 16.5. The molecule has 0 spiro atoms. The van der Waals surface area contributed by atoms with Gasteiger partial charge >= 0.3 is 0 Å². The van der Waals surface area contributed by atoms with Gasteiger partial charge in [-0.25, -0.2) is 0 Å². The van der Waals surface area contributed by atoms with Crippen LogP contribution in [-0.2, 0) is 0 Å². The standard InChI is InChI=1S/C18H21N3O2S/c1-18(2)10-15(14-7-6-13(22-3)9-16(14)23-18)21-17(24)20-12-5-4-8-19-11-12/h4-9,11,15H,10H2,1-3H3,(H2,20,21,24)/t15-/m1/s1. The van der Waals surface area contributed by atoms with Crippen LogP contribution in [0.1, 0.15) is 31.9 Å². The van der Waals surface area contributed by atoms with Gasteiger partial charge in [0, 0.05) is 24.2 Å². The molecule has 0 amide bonds. The zero-order valence-electron chi connectivity index (χ0n) is 14.0. The lowest BCUT2D eigenvalue weighted by molar-refractivity contribution is 0.0693. The number of anilines is 1. The Labute approximate surface area is 147 Å². The van der Waals surface area contributed by atoms with Crippen molar-refractivity contribution in [1.29, 1.82) is 0 Å². The Morgan fingerprint density at radius 1 is 1.38 bits per heavy atom. The minimum absolute atomic E-state index is 0.0614. The number of nitrogens with one attached hydrogen (secondary N) is 2. The fourth-order valence-electron chi connectivity index (χ4n) is 2.85. The van der Waals surface area contributed by atoms with Crippen LogP contribution >= 0.6 is 12.2 Å². The topological polar surface area (TPSA) is 55.4 Å². The van der Waals surface area contributed by atoms with Gasteiger partial charge in [-0.2, -0.15) is 0 Å². The van der Waals surface area contributed by atoms with Gasteiger partial charge in [-0.3, -0.25) is 4.98 Å². The summed E-state index contributed by atoms with van der Waals surface area (Å²) in [6.45, 7) is 4.14. The molecule has 1 aromatic heterocycles. The van der Waals surface area contributed by atoms with Gasteiger partial charge in [0.25, 0.3) is 0 Å². The van der Waals surface area contributed by atoms with E-state index >= 15 is 0 Å². The van der Waals surface area contributed by atoms with Crippen molar-refractivity contribution in [2.75, 3.05) is 12.4 Å². The van der Waals surface area contributed by atoms with Gasteiger partial charge in [0.2, 0.25) is 0 Å². The maximum Gasteiger partial charge on any atom is 0.171 e. The largest absolute Gasteiger partial charge is 0.497 e. The Bertz CT molecular complexity index is 734. The predicted octanol–water partition coefficient (Wildman–Crippen LogP) is 3.68. The van der Waals surface area contributed by atoms with Gasteiger partial charge in [-0.05, 0) is 50.3 Å². The summed E-state index contributed by atoms with van der Waals surface area (Å²) in [5, 5.41) is 7.11. The zero-order chi connectivity index (χ0) is 17.2. The Hall–Kier alpha value is -2.34. The molecule has 0 saturated carbocycles. The van der Waals surface area contributed by atoms with E-state index in [0.29, 0.717) is 5.11 Å². The van der Waals surface area contributed by atoms with E-state index in [2.05, 4.69) is 29.5 Å². The van der Waals surface area contributed by atoms with Gasteiger partial charge in [-0.1, -0.05) is 0 Å². The summed E-state index contributed by atoms with van der Waals surface area (Å²) in [6, 6.07) is 9.73. The van der Waals surface area contributed by atoms with Crippen molar-refractivity contribution in [3.63, 3.8) is 0 Å². The summed E-state index contributed by atoms with van der Waals surface area (Å²) < 4.78 is 11.4. The fraction of sp³-hybridized carbons (Fsp3) is 0.333. The molecule has 1 aliphatic heterocycles. The molecule has 0 aliphatic carbocycles. The summed E-state index contributed by atoms with van der Waals surface area (Å²) in [7, 11) is 1.65. The number of pyridine rings is 1. The summed E-state index contributed by atoms with van der Waals surface area (Å²) >= 11 is 5.45. The van der Waals surface area contributed by atoms with Crippen LogP contribution in [0.5, 0.6) is 11.5 Å². The molecular formula is C18H21N3O2S. The highest BCUT2D eigenvalue weighted by Gasteiger charge is 2.34. The first-order valence-electron chi connectivity index (χ1n) is 7.81. The molecule has 0 radical (unpaired) electrons. The highest BCUT2D eigenvalue weighted by atomic mass is 32.1. The van der Waals surface area contributed by atoms with Crippen LogP contribution in [0.4, 0.5) is 5.69 Å². The van der Waals surface area contributed by atoms with Gasteiger partial charge in [0.1, 0.15) is 17.1 Å². The number of rotatable bonds is 3. The van der Waals surface area contributed by atoms with Crippen LogP contribution in [0.25, 0.3) is 0 Å². The molecule has 3 rings (SSSR count). The number of methoxy groups -OCH3 is 1. The molecule has 24 heavy (non-hydrogen) atoms. The Kier molecular flexibility index (Phi) is 4.57. The number of benzene rings is 1. The Balaban J connectivity index is 1.79. The molecule has 126 valence electrons. The van der Waals surface area contributed by atoms with Crippen LogP contribution in [0.15, 0.2) is 42.7 Å². The number of hydrogen-bond donors (Lipinski definition) is 2. The molecule has 2 heterocycles. The van der Waals surface area contributed by atoms with Gasteiger partial charge in [0.05, 0.1) is 25.0 Å². The molecule has 2 aromatic rings. The molecule has 1 aromatic carbocycles. The van der Waals surface area contributed by atoms with E-state index in [1.54, 1.807) is 19.5 Å². The van der Waals surface area contributed by atoms with Gasteiger partial charge in [-0.15, -0.1) is 0 Å². The van der Waals surface area contributed by atoms with Crippen molar-refractivity contribution in [1.82, 2.24) is 10.3 Å². The highest BCUT2D eigenvalue weighted by molar-refractivity contribution is 7.80. The maximum absolute atomic E-state index is 6.10. The third-order valence-corrected chi connectivity index (χ3v) is 4.12. The van der Waals surface area contributed by atoms with Crippen molar-refractivity contribution in [2.24, 2.45) is 0 Å². The van der Waals surface area contributed by atoms with E-state index in [4.69, 9.17) is 21.7 Å². The minimum atomic E-state index is -0.291. The van der Waals surface area contributed by atoms with Crippen LogP contribution < -0.4 is 20.1 Å². The number of ether oxygens (including phenoxy) is 2. The molecule has 0 saturated heterocycles. The van der Waals surface area contributed by atoms with Gasteiger partial charge in [0.15, 0.2) is 5.11 Å². The van der Waals surface area contributed by atoms with Crippen molar-refractivity contribution in [3.8, 4) is 11.5 Å². The smallest absolute Gasteiger partial charge is 0.171 e. The van der Waals surface area contributed by atoms with E-state index in [1.165, 1.54) is 0 Å². The molecule has 2 N–H and O–H groups in total. The van der Waals surface area contributed by atoms with Crippen LogP contribution in [-0.4, -0.2) is 22.8 Å². The third kappa shape index (κ3) is 3.76. The average Bonchev–Trinajstić information content (AvgIpc) is 2.54. The normalized spacial score (nSPS) is 18.0. The fourth-order valence-corrected chi connectivity index (χ4v) is 3.11. The van der Waals surface area contributed by atoms with Crippen molar-refractivity contribution in [2.45, 2.75) is 31.9 Å². The van der Waals surface area contributed by atoms with E-state index in [9.17, 15) is 0 Å². The second kappa shape index (κ2) is 6.65. The SMILES string of the molecule is COc1ccc2c(c1)OC(C)(C)C[C@H]2NC(=S)Nc1cccnc1. The summed E-state index contributed by atoms with van der Waals surface area (Å²) in [5.74, 6) is 1.61. The third-order valence-electron chi connectivity index (χ3n) is 3.90. The number of thiocarbonyl (C=S) groups is 1. The molecule has 1 aliphatic rings. The van der Waals surface area contributed by atoms with E-state index in [0.717, 1.165) is 29.2 Å². The molecule has 0 unspecified atom stereocenters. The molecule has 5 nitrogen and oxygen atoms in total. The first-order chi connectivity index (χ1) is 11.5. The molecular weight excluding hydrogens is 322 g/mol. The van der Waals surface area contributed by atoms with Crippen LogP contribution in [0.2, 0.25) is 0 Å². The van der Waals surface area contributed by atoms with E-state index in [1.807, 2.05) is 30.3 Å². The second-order valence-corrected chi connectivity index (χ2v) is 6.77. The quantitative estimate of drug-likeness (QED) is 0.829. The lowest BCUT2D eigenvalue weighted by Gasteiger charge is -2.38. The molecule has 1 atom stereocenters. The lowest BCUT2D eigenvalue weighted by Crippen LogP contribution is -2.42. The number of hydrogen-bond acceptors (Lipinski definition) is 4. The average molecular weight is 343 g/mol. The monoisotopic (exact) mass is 343 g/mol. The van der Waals surface area contributed by atoms with Crippen molar-refractivity contribution < 1.29 is 9.47 Å². The van der Waals surface area contributed by atoms with Crippen molar-refractivity contribution in [3.05, 3.63) is 48.3 Å². The summed E-state index contributed by atoms with van der Waals surface area (Å²) in [4.78, 5) is 4.08. The number of nitrogens with zero attached hydrogens (tertiary/aromatic N) is 1. The highest BCUT2D eigenvalue weighted by Crippen LogP contribution is 2.41. The van der Waals surface area contributed by atoms with Crippen LogP contribution in [0.3, 0.4) is 0 Å². The summed E-state index contributed by atoms with van der Waals surface area (Å²) in [5.41, 5.74) is 1.64. The second-order valence-electron chi connectivity index (χ2n) is 6.36. The Morgan fingerprint density at radius 3 is 2.92 bits per heavy atom. The first-order valence-corrected chi connectivity index (χ1v) is 8.22. The zero-order valence-corrected chi connectivity index (χ0v) is 14.8.